The van der Waals surface area contributed by atoms with Gasteiger partial charge in [0, 0.05) is 23.7 Å². The molecule has 0 radical (unpaired) electrons. The molecule has 2 aliphatic heterocycles. The SMILES string of the molecule is COc1ccc(OC(F)(F)F)cc1C(C)NC1CCC2CCC1(c1ccccc1)N2. The summed E-state index contributed by atoms with van der Waals surface area (Å²) in [7, 11) is 1.52. The van der Waals surface area contributed by atoms with Crippen LogP contribution in [0.3, 0.4) is 0 Å². The van der Waals surface area contributed by atoms with Crippen LogP contribution in [0.2, 0.25) is 0 Å². The lowest BCUT2D eigenvalue weighted by Crippen LogP contribution is -2.59. The van der Waals surface area contributed by atoms with Crippen LogP contribution in [0, 0.1) is 0 Å². The molecule has 0 spiro atoms. The standard InChI is InChI=1S/C23H27F3N2O2/c1-15(19-14-18(30-23(24,25)26)9-10-20(19)29-2)27-21-11-8-17-12-13-22(21,28-17)16-6-4-3-5-7-16/h3-7,9-10,14-15,17,21,27-28H,8,11-13H2,1-2H3. The van der Waals surface area contributed by atoms with Gasteiger partial charge < -0.3 is 20.1 Å². The number of hydrogen-bond acceptors (Lipinski definition) is 4. The number of alkyl halides is 3. The summed E-state index contributed by atoms with van der Waals surface area (Å²) < 4.78 is 47.6. The molecule has 2 heterocycles. The molecule has 2 N–H and O–H groups in total. The Morgan fingerprint density at radius 3 is 2.57 bits per heavy atom. The second-order valence-corrected chi connectivity index (χ2v) is 8.19. The van der Waals surface area contributed by atoms with E-state index in [1.165, 1.54) is 30.9 Å². The molecule has 4 nitrogen and oxygen atoms in total. The van der Waals surface area contributed by atoms with E-state index < -0.39 is 6.36 Å². The molecule has 4 atom stereocenters. The molecular formula is C23H27F3N2O2. The van der Waals surface area contributed by atoms with Crippen molar-refractivity contribution in [1.29, 1.82) is 0 Å². The molecule has 0 aromatic heterocycles. The van der Waals surface area contributed by atoms with Crippen LogP contribution in [-0.2, 0) is 5.54 Å². The molecule has 162 valence electrons. The maximum absolute atomic E-state index is 12.7. The first-order valence-corrected chi connectivity index (χ1v) is 10.3. The van der Waals surface area contributed by atoms with Crippen LogP contribution in [0.15, 0.2) is 48.5 Å². The Hall–Kier alpha value is -2.25. The van der Waals surface area contributed by atoms with Gasteiger partial charge in [-0.15, -0.1) is 13.2 Å². The van der Waals surface area contributed by atoms with Gasteiger partial charge in [0.05, 0.1) is 12.6 Å². The smallest absolute Gasteiger partial charge is 0.496 e. The summed E-state index contributed by atoms with van der Waals surface area (Å²) in [6, 6.07) is 15.1. The highest BCUT2D eigenvalue weighted by Crippen LogP contribution is 2.44. The third-order valence-corrected chi connectivity index (χ3v) is 6.39. The molecule has 2 saturated heterocycles. The van der Waals surface area contributed by atoms with Crippen LogP contribution in [0.1, 0.15) is 49.8 Å². The van der Waals surface area contributed by atoms with Gasteiger partial charge in [0.2, 0.25) is 0 Å². The van der Waals surface area contributed by atoms with Crippen molar-refractivity contribution in [2.24, 2.45) is 0 Å². The lowest BCUT2D eigenvalue weighted by Gasteiger charge is -2.44. The van der Waals surface area contributed by atoms with E-state index in [4.69, 9.17) is 4.74 Å². The average Bonchev–Trinajstić information content (AvgIpc) is 3.08. The van der Waals surface area contributed by atoms with E-state index in [9.17, 15) is 13.2 Å². The Morgan fingerprint density at radius 1 is 1.10 bits per heavy atom. The zero-order valence-electron chi connectivity index (χ0n) is 17.1. The zero-order valence-corrected chi connectivity index (χ0v) is 17.1. The number of halogens is 3. The number of hydrogen-bond donors (Lipinski definition) is 2. The Balaban J connectivity index is 1.61. The first-order valence-electron chi connectivity index (χ1n) is 10.3. The quantitative estimate of drug-likeness (QED) is 0.686. The normalized spacial score (nSPS) is 27.0. The minimum Gasteiger partial charge on any atom is -0.496 e. The van der Waals surface area contributed by atoms with Gasteiger partial charge in [0.25, 0.3) is 0 Å². The van der Waals surface area contributed by atoms with Gasteiger partial charge in [-0.3, -0.25) is 0 Å². The predicted octanol–water partition coefficient (Wildman–Crippen LogP) is 5.05. The summed E-state index contributed by atoms with van der Waals surface area (Å²) in [5.41, 5.74) is 1.71. The van der Waals surface area contributed by atoms with Crippen molar-refractivity contribution in [1.82, 2.24) is 10.6 Å². The number of methoxy groups -OCH3 is 1. The van der Waals surface area contributed by atoms with Crippen molar-refractivity contribution < 1.29 is 22.6 Å². The van der Waals surface area contributed by atoms with Crippen LogP contribution < -0.4 is 20.1 Å². The van der Waals surface area contributed by atoms with Crippen LogP contribution in [-0.4, -0.2) is 25.6 Å². The van der Waals surface area contributed by atoms with Gasteiger partial charge in [-0.1, -0.05) is 30.3 Å². The largest absolute Gasteiger partial charge is 0.573 e. The Labute approximate surface area is 174 Å². The topological polar surface area (TPSA) is 42.5 Å². The number of ether oxygens (including phenoxy) is 2. The summed E-state index contributed by atoms with van der Waals surface area (Å²) in [6.45, 7) is 1.95. The Bertz CT molecular complexity index is 874. The molecule has 30 heavy (non-hydrogen) atoms. The van der Waals surface area contributed by atoms with Crippen molar-refractivity contribution in [3.63, 3.8) is 0 Å². The van der Waals surface area contributed by atoms with Gasteiger partial charge in [-0.25, -0.2) is 0 Å². The van der Waals surface area contributed by atoms with Gasteiger partial charge in [0.1, 0.15) is 11.5 Å². The Morgan fingerprint density at radius 2 is 1.87 bits per heavy atom. The number of nitrogens with one attached hydrogen (secondary N) is 2. The fourth-order valence-electron chi connectivity index (χ4n) is 5.05. The minimum absolute atomic E-state index is 0.144. The average molecular weight is 420 g/mol. The summed E-state index contributed by atoms with van der Waals surface area (Å²) in [4.78, 5) is 0. The second kappa shape index (κ2) is 8.12. The van der Waals surface area contributed by atoms with Gasteiger partial charge in [-0.05, 0) is 56.4 Å². The minimum atomic E-state index is -4.73. The first-order chi connectivity index (χ1) is 14.3. The van der Waals surface area contributed by atoms with Gasteiger partial charge in [-0.2, -0.15) is 0 Å². The third kappa shape index (κ3) is 4.14. The molecule has 7 heteroatoms. The maximum Gasteiger partial charge on any atom is 0.573 e. The number of rotatable bonds is 6. The molecule has 0 amide bonds. The number of fused-ring (bicyclic) bond motifs is 2. The van der Waals surface area contributed by atoms with Crippen molar-refractivity contribution in [3.05, 3.63) is 59.7 Å². The van der Waals surface area contributed by atoms with Crippen LogP contribution >= 0.6 is 0 Å². The van der Waals surface area contributed by atoms with E-state index in [2.05, 4.69) is 39.6 Å². The van der Waals surface area contributed by atoms with Crippen LogP contribution in [0.4, 0.5) is 13.2 Å². The fourth-order valence-corrected chi connectivity index (χ4v) is 5.05. The molecule has 2 aromatic carbocycles. The van der Waals surface area contributed by atoms with E-state index in [1.807, 2.05) is 13.0 Å². The molecule has 4 unspecified atom stereocenters. The predicted molar refractivity (Wildman–Crippen MR) is 109 cm³/mol. The summed E-state index contributed by atoms with van der Waals surface area (Å²) in [5, 5.41) is 7.52. The van der Waals surface area contributed by atoms with Crippen LogP contribution in [0.25, 0.3) is 0 Å². The maximum atomic E-state index is 12.7. The molecule has 4 rings (SSSR count). The van der Waals surface area contributed by atoms with Gasteiger partial charge in [0.15, 0.2) is 0 Å². The van der Waals surface area contributed by atoms with Crippen molar-refractivity contribution in [3.8, 4) is 11.5 Å². The second-order valence-electron chi connectivity index (χ2n) is 8.19. The molecule has 0 aliphatic carbocycles. The molecule has 0 saturated carbocycles. The molecule has 2 fully saturated rings. The van der Waals surface area contributed by atoms with E-state index in [0.717, 1.165) is 25.7 Å². The van der Waals surface area contributed by atoms with E-state index >= 15 is 0 Å². The molecular weight excluding hydrogens is 393 g/mol. The molecule has 2 bridgehead atoms. The molecule has 2 aromatic rings. The highest BCUT2D eigenvalue weighted by Gasteiger charge is 2.49. The van der Waals surface area contributed by atoms with Crippen molar-refractivity contribution in [2.45, 2.75) is 62.6 Å². The first kappa shape index (κ1) is 21.0. The van der Waals surface area contributed by atoms with E-state index in [0.29, 0.717) is 17.4 Å². The third-order valence-electron chi connectivity index (χ3n) is 6.39. The highest BCUT2D eigenvalue weighted by molar-refractivity contribution is 5.42. The lowest BCUT2D eigenvalue weighted by atomic mass is 9.78. The van der Waals surface area contributed by atoms with Crippen molar-refractivity contribution >= 4 is 0 Å². The fraction of sp³-hybridized carbons (Fsp3) is 0.478. The summed E-state index contributed by atoms with van der Waals surface area (Å²) >= 11 is 0. The van der Waals surface area contributed by atoms with E-state index in [1.54, 1.807) is 0 Å². The van der Waals surface area contributed by atoms with Crippen LogP contribution in [0.5, 0.6) is 11.5 Å². The number of benzene rings is 2. The summed E-state index contributed by atoms with van der Waals surface area (Å²) in [6.07, 6.45) is -0.503. The van der Waals surface area contributed by atoms with E-state index in [-0.39, 0.29) is 23.4 Å². The van der Waals surface area contributed by atoms with Crippen molar-refractivity contribution in [2.75, 3.05) is 7.11 Å². The molecule has 2 aliphatic rings. The lowest BCUT2D eigenvalue weighted by molar-refractivity contribution is -0.274. The monoisotopic (exact) mass is 420 g/mol. The number of piperidine rings is 1. The zero-order chi connectivity index (χ0) is 21.4. The highest BCUT2D eigenvalue weighted by atomic mass is 19.4. The Kier molecular flexibility index (Phi) is 5.68. The summed E-state index contributed by atoms with van der Waals surface area (Å²) in [5.74, 6) is 0.291. The van der Waals surface area contributed by atoms with Gasteiger partial charge >= 0.3 is 6.36 Å².